The SMILES string of the molecule is O=C(CC(F)(F)F)Nc1c(F)ccc(NC(=O)c2cc(NC(=O)[C@H]3[C@H](c4cc(Cl)c(Cl)c(Cl)c4)C3(Cl)Cl)ccc2Cl)c1F.[HH].[HH].[HH]. The highest BCUT2D eigenvalue weighted by molar-refractivity contribution is 6.54. The van der Waals surface area contributed by atoms with E-state index >= 15 is 0 Å². The molecule has 1 aliphatic rings. The van der Waals surface area contributed by atoms with Crippen LogP contribution in [0.3, 0.4) is 0 Å². The average molecular weight is 730 g/mol. The molecule has 3 aromatic rings. The summed E-state index contributed by atoms with van der Waals surface area (Å²) in [5.74, 6) is -8.04. The molecule has 0 bridgehead atoms. The maximum absolute atomic E-state index is 14.9. The first-order valence-electron chi connectivity index (χ1n) is 11.7. The molecule has 1 saturated carbocycles. The minimum absolute atomic E-state index is 0. The molecule has 0 saturated heterocycles. The highest BCUT2D eigenvalue weighted by atomic mass is 35.5. The molecule has 4 rings (SSSR count). The van der Waals surface area contributed by atoms with E-state index in [1.54, 1.807) is 0 Å². The number of alkyl halides is 5. The summed E-state index contributed by atoms with van der Waals surface area (Å²) in [5, 5.41) is 6.37. The van der Waals surface area contributed by atoms with Crippen molar-refractivity contribution in [1.29, 1.82) is 0 Å². The number of amides is 3. The molecule has 3 amide bonds. The normalized spacial score (nSPS) is 17.3. The van der Waals surface area contributed by atoms with E-state index in [9.17, 15) is 36.3 Å². The standard InChI is InChI=1S/C26H14Cl6F5N3O3.3H2/c27-12-2-1-10(38-24(43)19-18(26(19,31)32)9-5-13(28)20(30)14(29)6-9)7-11(12)23(42)39-16-4-3-15(33)22(21(16)34)40-17(41)8-25(35,36)37;;;/h1-7,18-19H,8H2,(H,38,43)(H,39,42)(H,40,41);3*1H/t18-,19+;;;/m0.../s1. The van der Waals surface area contributed by atoms with Gasteiger partial charge in [0.15, 0.2) is 5.82 Å². The summed E-state index contributed by atoms with van der Waals surface area (Å²) in [6.07, 6.45) is -6.92. The van der Waals surface area contributed by atoms with Gasteiger partial charge in [0.05, 0.1) is 37.3 Å². The van der Waals surface area contributed by atoms with E-state index in [1.165, 1.54) is 29.6 Å². The fraction of sp³-hybridized carbons (Fsp3) is 0.192. The third-order valence-corrected chi connectivity index (χ3v) is 8.61. The van der Waals surface area contributed by atoms with Gasteiger partial charge in [0, 0.05) is 15.9 Å². The van der Waals surface area contributed by atoms with Crippen LogP contribution in [0.1, 0.15) is 32.5 Å². The molecule has 0 aliphatic heterocycles. The Morgan fingerprint density at radius 3 is 2.09 bits per heavy atom. The number of hydrogen-bond donors (Lipinski definition) is 3. The first-order chi connectivity index (χ1) is 19.9. The third kappa shape index (κ3) is 7.41. The fourth-order valence-corrected chi connectivity index (χ4v) is 5.78. The van der Waals surface area contributed by atoms with E-state index < -0.39 is 69.5 Å². The number of carbonyl (C=O) groups is 3. The Labute approximate surface area is 274 Å². The van der Waals surface area contributed by atoms with Crippen LogP contribution in [-0.2, 0) is 9.59 Å². The summed E-state index contributed by atoms with van der Waals surface area (Å²) in [6, 6.07) is 8.08. The van der Waals surface area contributed by atoms with Crippen LogP contribution in [0.15, 0.2) is 42.5 Å². The van der Waals surface area contributed by atoms with Crippen molar-refractivity contribution in [3.05, 3.63) is 85.3 Å². The molecule has 17 heteroatoms. The smallest absolute Gasteiger partial charge is 0.326 e. The topological polar surface area (TPSA) is 87.3 Å². The number of halogens is 11. The summed E-state index contributed by atoms with van der Waals surface area (Å²) in [4.78, 5) is 37.5. The van der Waals surface area contributed by atoms with Gasteiger partial charge >= 0.3 is 6.18 Å². The van der Waals surface area contributed by atoms with Gasteiger partial charge in [-0.2, -0.15) is 13.2 Å². The average Bonchev–Trinajstić information content (AvgIpc) is 3.48. The number of carbonyl (C=O) groups excluding carboxylic acids is 3. The Hall–Kier alpha value is -2.54. The van der Waals surface area contributed by atoms with Gasteiger partial charge in [0.25, 0.3) is 5.91 Å². The Morgan fingerprint density at radius 2 is 1.49 bits per heavy atom. The molecule has 3 N–H and O–H groups in total. The van der Waals surface area contributed by atoms with E-state index in [-0.39, 0.29) is 35.6 Å². The molecule has 2 atom stereocenters. The van der Waals surface area contributed by atoms with E-state index in [0.717, 1.165) is 12.1 Å². The van der Waals surface area contributed by atoms with E-state index in [1.807, 2.05) is 0 Å². The maximum atomic E-state index is 14.9. The molecule has 3 aromatic carbocycles. The zero-order chi connectivity index (χ0) is 32.0. The number of hydrogen-bond acceptors (Lipinski definition) is 3. The summed E-state index contributed by atoms with van der Waals surface area (Å²) < 4.78 is 64.8. The van der Waals surface area contributed by atoms with Crippen molar-refractivity contribution in [1.82, 2.24) is 0 Å². The van der Waals surface area contributed by atoms with Crippen molar-refractivity contribution < 1.29 is 40.6 Å². The molecular weight excluding hydrogens is 710 g/mol. The predicted molar refractivity (Wildman–Crippen MR) is 162 cm³/mol. The predicted octanol–water partition coefficient (Wildman–Crippen LogP) is 9.99. The summed E-state index contributed by atoms with van der Waals surface area (Å²) in [6.45, 7) is 0. The zero-order valence-corrected chi connectivity index (χ0v) is 25.3. The molecule has 0 radical (unpaired) electrons. The quantitative estimate of drug-likeness (QED) is 0.129. The fourth-order valence-electron chi connectivity index (χ4n) is 4.14. The molecular formula is C26H20Cl6F5N3O3. The second-order valence-electron chi connectivity index (χ2n) is 9.19. The Balaban J connectivity index is 0.00000353. The number of rotatable bonds is 7. The first-order valence-corrected chi connectivity index (χ1v) is 14.0. The van der Waals surface area contributed by atoms with Crippen LogP contribution >= 0.6 is 69.6 Å². The summed E-state index contributed by atoms with van der Waals surface area (Å²) in [5.41, 5.74) is -1.66. The van der Waals surface area contributed by atoms with Crippen molar-refractivity contribution in [2.45, 2.75) is 22.8 Å². The number of anilines is 3. The largest absolute Gasteiger partial charge is 0.397 e. The van der Waals surface area contributed by atoms with Crippen LogP contribution in [0.2, 0.25) is 20.1 Å². The Bertz CT molecular complexity index is 1650. The molecule has 234 valence electrons. The molecule has 1 fully saturated rings. The lowest BCUT2D eigenvalue weighted by Crippen LogP contribution is -2.23. The van der Waals surface area contributed by atoms with Gasteiger partial charge in [-0.15, -0.1) is 23.2 Å². The Kier molecular flexibility index (Phi) is 9.66. The van der Waals surface area contributed by atoms with E-state index in [2.05, 4.69) is 10.6 Å². The van der Waals surface area contributed by atoms with Crippen LogP contribution < -0.4 is 16.0 Å². The van der Waals surface area contributed by atoms with Gasteiger partial charge in [0.2, 0.25) is 11.8 Å². The number of benzene rings is 3. The zero-order valence-electron chi connectivity index (χ0n) is 20.8. The van der Waals surface area contributed by atoms with Crippen LogP contribution in [0, 0.1) is 17.6 Å². The second kappa shape index (κ2) is 12.5. The summed E-state index contributed by atoms with van der Waals surface area (Å²) >= 11 is 37.0. The van der Waals surface area contributed by atoms with Crippen molar-refractivity contribution >= 4 is 104 Å². The van der Waals surface area contributed by atoms with Gasteiger partial charge < -0.3 is 16.0 Å². The van der Waals surface area contributed by atoms with Gasteiger partial charge in [-0.1, -0.05) is 46.4 Å². The maximum Gasteiger partial charge on any atom is 0.397 e. The molecule has 1 aliphatic carbocycles. The first kappa shape index (κ1) is 33.4. The molecule has 0 unspecified atom stereocenters. The minimum Gasteiger partial charge on any atom is -0.326 e. The number of nitrogens with one attached hydrogen (secondary N) is 3. The molecule has 6 nitrogen and oxygen atoms in total. The van der Waals surface area contributed by atoms with Crippen LogP contribution in [-0.4, -0.2) is 28.2 Å². The summed E-state index contributed by atoms with van der Waals surface area (Å²) in [7, 11) is 0. The molecule has 0 heterocycles. The molecule has 0 aromatic heterocycles. The third-order valence-electron chi connectivity index (χ3n) is 6.14. The highest BCUT2D eigenvalue weighted by Crippen LogP contribution is 2.65. The van der Waals surface area contributed by atoms with Gasteiger partial charge in [-0.25, -0.2) is 8.78 Å². The van der Waals surface area contributed by atoms with E-state index in [0.29, 0.717) is 11.6 Å². The van der Waals surface area contributed by atoms with Crippen LogP contribution in [0.25, 0.3) is 0 Å². The highest BCUT2D eigenvalue weighted by Gasteiger charge is 2.67. The lowest BCUT2D eigenvalue weighted by Gasteiger charge is -2.14. The van der Waals surface area contributed by atoms with Crippen LogP contribution in [0.5, 0.6) is 0 Å². The van der Waals surface area contributed by atoms with Crippen LogP contribution in [0.4, 0.5) is 39.0 Å². The van der Waals surface area contributed by atoms with Crippen molar-refractivity contribution in [2.75, 3.05) is 16.0 Å². The van der Waals surface area contributed by atoms with Gasteiger partial charge in [-0.05, 0) is 48.0 Å². The van der Waals surface area contributed by atoms with Crippen molar-refractivity contribution in [3.8, 4) is 0 Å². The van der Waals surface area contributed by atoms with E-state index in [4.69, 9.17) is 69.6 Å². The lowest BCUT2D eigenvalue weighted by molar-refractivity contribution is -0.150. The van der Waals surface area contributed by atoms with Gasteiger partial charge in [0.1, 0.15) is 22.3 Å². The van der Waals surface area contributed by atoms with Crippen molar-refractivity contribution in [2.24, 2.45) is 5.92 Å². The monoisotopic (exact) mass is 727 g/mol. The lowest BCUT2D eigenvalue weighted by atomic mass is 10.1. The van der Waals surface area contributed by atoms with Crippen molar-refractivity contribution in [3.63, 3.8) is 0 Å². The van der Waals surface area contributed by atoms with Gasteiger partial charge in [-0.3, -0.25) is 14.4 Å². The molecule has 0 spiro atoms. The second-order valence-corrected chi connectivity index (χ2v) is 12.2. The Morgan fingerprint density at radius 1 is 0.860 bits per heavy atom. The molecule has 43 heavy (non-hydrogen) atoms. The minimum atomic E-state index is -4.92.